The first-order chi connectivity index (χ1) is 16.9. The van der Waals surface area contributed by atoms with E-state index in [2.05, 4.69) is 20.8 Å². The second-order valence-corrected chi connectivity index (χ2v) is 11.0. The fourth-order valence-electron chi connectivity index (χ4n) is 5.71. The second-order valence-electron chi connectivity index (χ2n) is 11.0. The SMILES string of the molecule is CCCCCCCCCCCC(CCCCCCC)(C(=O)O)C(CCCCCCC)CCC(=O)O. The van der Waals surface area contributed by atoms with Crippen molar-refractivity contribution in [2.45, 2.75) is 175 Å². The molecular weight excluding hydrogens is 436 g/mol. The first-order valence-corrected chi connectivity index (χ1v) is 15.4. The maximum absolute atomic E-state index is 12.9. The number of hydrogen-bond donors (Lipinski definition) is 2. The number of aliphatic carboxylic acids is 2. The van der Waals surface area contributed by atoms with E-state index < -0.39 is 17.4 Å². The van der Waals surface area contributed by atoms with Crippen LogP contribution < -0.4 is 0 Å². The van der Waals surface area contributed by atoms with Gasteiger partial charge >= 0.3 is 11.9 Å². The molecule has 0 radical (unpaired) electrons. The van der Waals surface area contributed by atoms with E-state index in [9.17, 15) is 19.8 Å². The molecule has 0 saturated carbocycles. The molecule has 0 rings (SSSR count). The van der Waals surface area contributed by atoms with E-state index in [4.69, 9.17) is 0 Å². The van der Waals surface area contributed by atoms with Crippen molar-refractivity contribution in [2.24, 2.45) is 11.3 Å². The van der Waals surface area contributed by atoms with Crippen LogP contribution in [-0.4, -0.2) is 22.2 Å². The van der Waals surface area contributed by atoms with E-state index >= 15 is 0 Å². The van der Waals surface area contributed by atoms with Crippen molar-refractivity contribution in [3.05, 3.63) is 0 Å². The Morgan fingerprint density at radius 2 is 0.914 bits per heavy atom. The smallest absolute Gasteiger partial charge is 0.309 e. The van der Waals surface area contributed by atoms with Gasteiger partial charge in [-0.05, 0) is 31.6 Å². The molecule has 0 spiro atoms. The van der Waals surface area contributed by atoms with Gasteiger partial charge in [0.2, 0.25) is 0 Å². The molecule has 0 amide bonds. The highest BCUT2D eigenvalue weighted by atomic mass is 16.4. The standard InChI is InChI=1S/C31H60O4/c1-4-7-10-13-14-15-16-19-22-27-31(30(34)35,26-21-18-12-9-6-3)28(24-25-29(32)33)23-20-17-11-8-5-2/h28H,4-27H2,1-3H3,(H,32,33)(H,34,35). The molecule has 0 aliphatic carbocycles. The molecule has 0 heterocycles. The molecule has 35 heavy (non-hydrogen) atoms. The van der Waals surface area contributed by atoms with E-state index in [1.165, 1.54) is 83.5 Å². The molecule has 208 valence electrons. The van der Waals surface area contributed by atoms with Gasteiger partial charge in [-0.25, -0.2) is 0 Å². The van der Waals surface area contributed by atoms with Crippen LogP contribution in [0.2, 0.25) is 0 Å². The average Bonchev–Trinajstić information content (AvgIpc) is 2.83. The number of rotatable bonds is 27. The van der Waals surface area contributed by atoms with Crippen LogP contribution in [0.5, 0.6) is 0 Å². The second kappa shape index (κ2) is 23.3. The van der Waals surface area contributed by atoms with Crippen molar-refractivity contribution in [1.29, 1.82) is 0 Å². The van der Waals surface area contributed by atoms with Crippen molar-refractivity contribution in [3.8, 4) is 0 Å². The molecule has 0 fully saturated rings. The molecule has 0 aliphatic rings. The Labute approximate surface area is 218 Å². The third-order valence-corrected chi connectivity index (χ3v) is 8.02. The summed E-state index contributed by atoms with van der Waals surface area (Å²) in [6, 6.07) is 0. The molecule has 4 nitrogen and oxygen atoms in total. The zero-order chi connectivity index (χ0) is 26.2. The van der Waals surface area contributed by atoms with E-state index in [1.54, 1.807) is 0 Å². The predicted molar refractivity (Wildman–Crippen MR) is 149 cm³/mol. The molecule has 0 bridgehead atoms. The number of carboxylic acids is 2. The fraction of sp³-hybridized carbons (Fsp3) is 0.935. The quantitative estimate of drug-likeness (QED) is 0.111. The largest absolute Gasteiger partial charge is 0.481 e. The van der Waals surface area contributed by atoms with Crippen LogP contribution in [-0.2, 0) is 9.59 Å². The highest BCUT2D eigenvalue weighted by molar-refractivity contribution is 5.75. The predicted octanol–water partition coefficient (Wildman–Crippen LogP) is 10.2. The first-order valence-electron chi connectivity index (χ1n) is 15.4. The number of carbonyl (C=O) groups is 2. The Kier molecular flexibility index (Phi) is 22.6. The Hall–Kier alpha value is -1.06. The van der Waals surface area contributed by atoms with Gasteiger partial charge in [0.25, 0.3) is 0 Å². The van der Waals surface area contributed by atoms with E-state index in [0.29, 0.717) is 19.3 Å². The molecule has 4 heteroatoms. The van der Waals surface area contributed by atoms with Gasteiger partial charge in [-0.3, -0.25) is 9.59 Å². The average molecular weight is 497 g/mol. The van der Waals surface area contributed by atoms with Crippen LogP contribution in [0.25, 0.3) is 0 Å². The van der Waals surface area contributed by atoms with Gasteiger partial charge in [-0.1, -0.05) is 143 Å². The summed E-state index contributed by atoms with van der Waals surface area (Å²) < 4.78 is 0. The van der Waals surface area contributed by atoms with Gasteiger partial charge in [0, 0.05) is 6.42 Å². The molecule has 2 atom stereocenters. The minimum Gasteiger partial charge on any atom is -0.481 e. The molecular formula is C31H60O4. The van der Waals surface area contributed by atoms with Gasteiger partial charge < -0.3 is 10.2 Å². The van der Waals surface area contributed by atoms with E-state index in [1.807, 2.05) is 0 Å². The van der Waals surface area contributed by atoms with E-state index in [0.717, 1.165) is 44.9 Å². The summed E-state index contributed by atoms with van der Waals surface area (Å²) in [4.78, 5) is 24.3. The minimum absolute atomic E-state index is 0.0297. The molecule has 2 unspecified atom stereocenters. The van der Waals surface area contributed by atoms with Crippen LogP contribution in [0.4, 0.5) is 0 Å². The van der Waals surface area contributed by atoms with Crippen molar-refractivity contribution in [2.75, 3.05) is 0 Å². The summed E-state index contributed by atoms with van der Waals surface area (Å²) in [7, 11) is 0. The zero-order valence-corrected chi connectivity index (χ0v) is 23.8. The number of carboxylic acid groups (broad SMARTS) is 2. The summed E-state index contributed by atoms with van der Waals surface area (Å²) >= 11 is 0. The van der Waals surface area contributed by atoms with Gasteiger partial charge in [0.15, 0.2) is 0 Å². The highest BCUT2D eigenvalue weighted by Crippen LogP contribution is 2.44. The first kappa shape index (κ1) is 33.9. The summed E-state index contributed by atoms with van der Waals surface area (Å²) in [5.74, 6) is -1.50. The maximum Gasteiger partial charge on any atom is 0.309 e. The molecule has 2 N–H and O–H groups in total. The normalized spacial score (nSPS) is 14.0. The van der Waals surface area contributed by atoms with Gasteiger partial charge in [0.1, 0.15) is 0 Å². The van der Waals surface area contributed by atoms with Crippen LogP contribution in [0.1, 0.15) is 175 Å². The third kappa shape index (κ3) is 17.1. The van der Waals surface area contributed by atoms with Gasteiger partial charge in [0.05, 0.1) is 5.41 Å². The fourth-order valence-corrected chi connectivity index (χ4v) is 5.71. The third-order valence-electron chi connectivity index (χ3n) is 8.02. The van der Waals surface area contributed by atoms with Crippen molar-refractivity contribution in [1.82, 2.24) is 0 Å². The monoisotopic (exact) mass is 496 g/mol. The summed E-state index contributed by atoms with van der Waals surface area (Å²) in [5, 5.41) is 20.0. The molecule has 0 aromatic rings. The Balaban J connectivity index is 5.17. The lowest BCUT2D eigenvalue weighted by Crippen LogP contribution is -2.39. The summed E-state index contributed by atoms with van der Waals surface area (Å²) in [6.07, 6.45) is 25.3. The molecule has 0 aromatic heterocycles. The van der Waals surface area contributed by atoms with Crippen LogP contribution in [0.15, 0.2) is 0 Å². The summed E-state index contributed by atoms with van der Waals surface area (Å²) in [6.45, 7) is 6.65. The molecule has 0 saturated heterocycles. The topological polar surface area (TPSA) is 74.6 Å². The number of hydrogen-bond acceptors (Lipinski definition) is 2. The van der Waals surface area contributed by atoms with E-state index in [-0.39, 0.29) is 12.3 Å². The van der Waals surface area contributed by atoms with Crippen LogP contribution in [0, 0.1) is 11.3 Å². The highest BCUT2D eigenvalue weighted by Gasteiger charge is 2.44. The number of unbranched alkanes of at least 4 members (excludes halogenated alkanes) is 16. The maximum atomic E-state index is 12.9. The lowest BCUT2D eigenvalue weighted by molar-refractivity contribution is -0.156. The van der Waals surface area contributed by atoms with Crippen LogP contribution in [0.3, 0.4) is 0 Å². The lowest BCUT2D eigenvalue weighted by Gasteiger charge is -2.38. The van der Waals surface area contributed by atoms with Gasteiger partial charge in [-0.2, -0.15) is 0 Å². The zero-order valence-electron chi connectivity index (χ0n) is 23.8. The summed E-state index contributed by atoms with van der Waals surface area (Å²) in [5.41, 5.74) is -0.756. The van der Waals surface area contributed by atoms with Crippen LogP contribution >= 0.6 is 0 Å². The van der Waals surface area contributed by atoms with Gasteiger partial charge in [-0.15, -0.1) is 0 Å². The lowest BCUT2D eigenvalue weighted by atomic mass is 9.65. The minimum atomic E-state index is -0.800. The van der Waals surface area contributed by atoms with Crippen molar-refractivity contribution < 1.29 is 19.8 Å². The Morgan fingerprint density at radius 1 is 0.543 bits per heavy atom. The molecule has 0 aliphatic heterocycles. The molecule has 0 aromatic carbocycles. The van der Waals surface area contributed by atoms with Crippen molar-refractivity contribution >= 4 is 11.9 Å². The Bertz CT molecular complexity index is 504. The van der Waals surface area contributed by atoms with Crippen molar-refractivity contribution in [3.63, 3.8) is 0 Å². The Morgan fingerprint density at radius 3 is 1.29 bits per heavy atom.